The predicted octanol–water partition coefficient (Wildman–Crippen LogP) is 4.47. The minimum Gasteiger partial charge on any atom is -0.381 e. The van der Waals surface area contributed by atoms with Crippen molar-refractivity contribution in [2.75, 3.05) is 5.32 Å². The van der Waals surface area contributed by atoms with E-state index in [0.29, 0.717) is 18.2 Å². The molecule has 1 aliphatic carbocycles. The quantitative estimate of drug-likeness (QED) is 0.822. The van der Waals surface area contributed by atoms with Crippen LogP contribution in [0.5, 0.6) is 0 Å². The molecular weight excluding hydrogens is 275 g/mol. The van der Waals surface area contributed by atoms with Crippen molar-refractivity contribution >= 4 is 5.69 Å². The summed E-state index contributed by atoms with van der Waals surface area (Å²) in [4.78, 5) is 0. The first-order valence-electron chi connectivity index (χ1n) is 8.11. The smallest absolute Gasteiger partial charge is 0.128 e. The first kappa shape index (κ1) is 15.0. The van der Waals surface area contributed by atoms with Crippen molar-refractivity contribution in [2.24, 2.45) is 0 Å². The summed E-state index contributed by atoms with van der Waals surface area (Å²) < 4.78 is 13.6. The molecule has 0 saturated heterocycles. The molecule has 0 radical (unpaired) electrons. The Hall–Kier alpha value is -1.87. The highest BCUT2D eigenvalue weighted by Gasteiger charge is 2.13. The second kappa shape index (κ2) is 7.41. The lowest BCUT2D eigenvalue weighted by molar-refractivity contribution is 0.524. The minimum absolute atomic E-state index is 0.160. The molecule has 22 heavy (non-hydrogen) atoms. The summed E-state index contributed by atoms with van der Waals surface area (Å²) in [5.41, 5.74) is 3.01. The van der Waals surface area contributed by atoms with Crippen molar-refractivity contribution < 1.29 is 4.39 Å². The molecule has 0 atom stereocenters. The molecule has 0 aliphatic heterocycles. The zero-order valence-corrected chi connectivity index (χ0v) is 12.8. The van der Waals surface area contributed by atoms with Gasteiger partial charge < -0.3 is 10.6 Å². The van der Waals surface area contributed by atoms with E-state index in [2.05, 4.69) is 34.9 Å². The van der Waals surface area contributed by atoms with Crippen LogP contribution in [0.2, 0.25) is 0 Å². The van der Waals surface area contributed by atoms with Crippen molar-refractivity contribution in [1.82, 2.24) is 5.32 Å². The lowest BCUT2D eigenvalue weighted by Crippen LogP contribution is -2.25. The molecule has 3 rings (SSSR count). The maximum absolute atomic E-state index is 13.6. The molecule has 116 valence electrons. The Morgan fingerprint density at radius 2 is 1.64 bits per heavy atom. The summed E-state index contributed by atoms with van der Waals surface area (Å²) in [6, 6.07) is 16.0. The molecule has 0 unspecified atom stereocenters. The average Bonchev–Trinajstić information content (AvgIpc) is 3.07. The fraction of sp³-hybridized carbons (Fsp3) is 0.368. The lowest BCUT2D eigenvalue weighted by atomic mass is 10.1. The van der Waals surface area contributed by atoms with Gasteiger partial charge in [0.1, 0.15) is 5.82 Å². The Kier molecular flexibility index (Phi) is 5.07. The number of hydrogen-bond acceptors (Lipinski definition) is 2. The van der Waals surface area contributed by atoms with Gasteiger partial charge in [-0.2, -0.15) is 0 Å². The zero-order valence-electron chi connectivity index (χ0n) is 12.8. The van der Waals surface area contributed by atoms with Crippen LogP contribution in [0.3, 0.4) is 0 Å². The van der Waals surface area contributed by atoms with Crippen LogP contribution in [0.1, 0.15) is 36.8 Å². The van der Waals surface area contributed by atoms with Crippen LogP contribution in [-0.4, -0.2) is 6.04 Å². The van der Waals surface area contributed by atoms with E-state index in [4.69, 9.17) is 0 Å². The SMILES string of the molecule is Fc1ccccc1CNc1ccc(CNC2CCCC2)cc1. The Labute approximate surface area is 131 Å². The van der Waals surface area contributed by atoms with E-state index in [1.165, 1.54) is 37.3 Å². The Morgan fingerprint density at radius 3 is 2.36 bits per heavy atom. The Morgan fingerprint density at radius 1 is 0.909 bits per heavy atom. The third kappa shape index (κ3) is 4.08. The van der Waals surface area contributed by atoms with Crippen LogP contribution < -0.4 is 10.6 Å². The van der Waals surface area contributed by atoms with Crippen LogP contribution in [0.4, 0.5) is 10.1 Å². The van der Waals surface area contributed by atoms with Gasteiger partial charge in [0.2, 0.25) is 0 Å². The lowest BCUT2D eigenvalue weighted by Gasteiger charge is -2.12. The second-order valence-electron chi connectivity index (χ2n) is 6.00. The first-order chi connectivity index (χ1) is 10.8. The zero-order chi connectivity index (χ0) is 15.2. The highest BCUT2D eigenvalue weighted by atomic mass is 19.1. The summed E-state index contributed by atoms with van der Waals surface area (Å²) >= 11 is 0. The molecule has 3 heteroatoms. The number of halogens is 1. The number of rotatable bonds is 6. The van der Waals surface area contributed by atoms with Crippen molar-refractivity contribution in [3.63, 3.8) is 0 Å². The Balaban J connectivity index is 1.49. The largest absolute Gasteiger partial charge is 0.381 e. The molecule has 1 fully saturated rings. The van der Waals surface area contributed by atoms with Crippen molar-refractivity contribution in [3.8, 4) is 0 Å². The fourth-order valence-electron chi connectivity index (χ4n) is 2.97. The second-order valence-corrected chi connectivity index (χ2v) is 6.00. The molecule has 2 nitrogen and oxygen atoms in total. The van der Waals surface area contributed by atoms with Crippen molar-refractivity contribution in [3.05, 3.63) is 65.5 Å². The molecule has 1 aliphatic rings. The van der Waals surface area contributed by atoms with E-state index in [-0.39, 0.29) is 5.82 Å². The van der Waals surface area contributed by atoms with Gasteiger partial charge in [0.15, 0.2) is 0 Å². The summed E-state index contributed by atoms with van der Waals surface area (Å²) in [5.74, 6) is -0.160. The van der Waals surface area contributed by atoms with Crippen LogP contribution in [0.25, 0.3) is 0 Å². The van der Waals surface area contributed by atoms with E-state index < -0.39 is 0 Å². The first-order valence-corrected chi connectivity index (χ1v) is 8.11. The molecule has 1 saturated carbocycles. The van der Waals surface area contributed by atoms with E-state index in [9.17, 15) is 4.39 Å². The summed E-state index contributed by atoms with van der Waals surface area (Å²) in [6.07, 6.45) is 5.33. The number of nitrogens with one attached hydrogen (secondary N) is 2. The highest BCUT2D eigenvalue weighted by Crippen LogP contribution is 2.18. The van der Waals surface area contributed by atoms with E-state index in [1.807, 2.05) is 12.1 Å². The number of anilines is 1. The fourth-order valence-corrected chi connectivity index (χ4v) is 2.97. The van der Waals surface area contributed by atoms with Gasteiger partial charge in [-0.3, -0.25) is 0 Å². The number of benzene rings is 2. The van der Waals surface area contributed by atoms with Gasteiger partial charge in [-0.05, 0) is 36.6 Å². The monoisotopic (exact) mass is 298 g/mol. The average molecular weight is 298 g/mol. The highest BCUT2D eigenvalue weighted by molar-refractivity contribution is 5.45. The molecule has 2 N–H and O–H groups in total. The van der Waals surface area contributed by atoms with Gasteiger partial charge in [-0.25, -0.2) is 4.39 Å². The van der Waals surface area contributed by atoms with E-state index in [1.54, 1.807) is 6.07 Å². The van der Waals surface area contributed by atoms with E-state index in [0.717, 1.165) is 12.2 Å². The van der Waals surface area contributed by atoms with Crippen LogP contribution in [-0.2, 0) is 13.1 Å². The van der Waals surface area contributed by atoms with Gasteiger partial charge >= 0.3 is 0 Å². The minimum atomic E-state index is -0.160. The standard InChI is InChI=1S/C19H23FN2/c20-19-8-4-1-5-16(19)14-22-18-11-9-15(10-12-18)13-21-17-6-2-3-7-17/h1,4-5,8-12,17,21-22H,2-3,6-7,13-14H2. The van der Waals surface area contributed by atoms with Gasteiger partial charge in [0.25, 0.3) is 0 Å². The Bertz CT molecular complexity index is 589. The van der Waals surface area contributed by atoms with E-state index >= 15 is 0 Å². The predicted molar refractivity (Wildman–Crippen MR) is 89.3 cm³/mol. The molecular formula is C19H23FN2. The summed E-state index contributed by atoms with van der Waals surface area (Å²) in [5, 5.41) is 6.88. The van der Waals surface area contributed by atoms with Crippen LogP contribution in [0.15, 0.2) is 48.5 Å². The molecule has 0 bridgehead atoms. The molecule has 0 heterocycles. The maximum atomic E-state index is 13.6. The normalized spacial score (nSPS) is 15.1. The van der Waals surface area contributed by atoms with Gasteiger partial charge in [0.05, 0.1) is 0 Å². The van der Waals surface area contributed by atoms with Crippen molar-refractivity contribution in [1.29, 1.82) is 0 Å². The molecule has 2 aromatic carbocycles. The number of hydrogen-bond donors (Lipinski definition) is 2. The molecule has 2 aromatic rings. The van der Waals surface area contributed by atoms with Crippen molar-refractivity contribution in [2.45, 2.75) is 44.8 Å². The van der Waals surface area contributed by atoms with Gasteiger partial charge in [-0.1, -0.05) is 43.2 Å². The topological polar surface area (TPSA) is 24.1 Å². The molecule has 0 amide bonds. The summed E-state index contributed by atoms with van der Waals surface area (Å²) in [6.45, 7) is 1.44. The maximum Gasteiger partial charge on any atom is 0.128 e. The molecule has 0 spiro atoms. The van der Waals surface area contributed by atoms with Gasteiger partial charge in [-0.15, -0.1) is 0 Å². The van der Waals surface area contributed by atoms with Gasteiger partial charge in [0, 0.05) is 30.4 Å². The third-order valence-corrected chi connectivity index (χ3v) is 4.34. The molecule has 0 aromatic heterocycles. The summed E-state index contributed by atoms with van der Waals surface area (Å²) in [7, 11) is 0. The van der Waals surface area contributed by atoms with Crippen LogP contribution in [0, 0.1) is 5.82 Å². The van der Waals surface area contributed by atoms with Crippen LogP contribution >= 0.6 is 0 Å². The third-order valence-electron chi connectivity index (χ3n) is 4.34.